The second-order valence-electron chi connectivity index (χ2n) is 4.58. The molecule has 1 N–H and O–H groups in total. The Kier molecular flexibility index (Phi) is 2.99. The molecule has 0 atom stereocenters. The van der Waals surface area contributed by atoms with E-state index < -0.39 is 0 Å². The lowest BCUT2D eigenvalue weighted by molar-refractivity contribution is 1.30. The number of hydrogen-bond donors (Lipinski definition) is 1. The topological polar surface area (TPSA) is 32.9 Å². The monoisotopic (exact) mass is 313 g/mol. The van der Waals surface area contributed by atoms with E-state index in [4.69, 9.17) is 0 Å². The summed E-state index contributed by atoms with van der Waals surface area (Å²) in [4.78, 5) is 14.7. The molecular weight excluding hydrogens is 302 g/mol. The SMILES string of the molecule is Cc1ccc2c(-c3ccccc3Br)cc(=O)[nH]c2c1. The van der Waals surface area contributed by atoms with E-state index in [1.54, 1.807) is 6.07 Å². The minimum Gasteiger partial charge on any atom is -0.322 e. The summed E-state index contributed by atoms with van der Waals surface area (Å²) in [5.74, 6) is 0. The van der Waals surface area contributed by atoms with E-state index in [0.717, 1.165) is 32.1 Å². The van der Waals surface area contributed by atoms with Crippen LogP contribution in [0.25, 0.3) is 22.0 Å². The third kappa shape index (κ3) is 2.22. The highest BCUT2D eigenvalue weighted by Crippen LogP contribution is 2.32. The Bertz CT molecular complexity index is 820. The zero-order valence-electron chi connectivity index (χ0n) is 10.4. The van der Waals surface area contributed by atoms with Crippen LogP contribution in [0.2, 0.25) is 0 Å². The fourth-order valence-corrected chi connectivity index (χ4v) is 2.77. The van der Waals surface area contributed by atoms with Gasteiger partial charge in [-0.2, -0.15) is 0 Å². The molecule has 3 aromatic rings. The maximum absolute atomic E-state index is 11.8. The first-order valence-electron chi connectivity index (χ1n) is 6.04. The van der Waals surface area contributed by atoms with Gasteiger partial charge in [0.1, 0.15) is 0 Å². The number of fused-ring (bicyclic) bond motifs is 1. The summed E-state index contributed by atoms with van der Waals surface area (Å²) in [7, 11) is 0. The standard InChI is InChI=1S/C16H12BrNO/c1-10-6-7-12-13(9-16(19)18-15(12)8-10)11-4-2-3-5-14(11)17/h2-9H,1H3,(H,18,19). The minimum absolute atomic E-state index is 0.0798. The van der Waals surface area contributed by atoms with Crippen molar-refractivity contribution in [3.63, 3.8) is 0 Å². The highest BCUT2D eigenvalue weighted by Gasteiger charge is 2.08. The van der Waals surface area contributed by atoms with Gasteiger partial charge in [0.05, 0.1) is 0 Å². The fraction of sp³-hybridized carbons (Fsp3) is 0.0625. The second kappa shape index (κ2) is 4.67. The average Bonchev–Trinajstić information content (AvgIpc) is 2.38. The summed E-state index contributed by atoms with van der Waals surface area (Å²) in [6.07, 6.45) is 0. The maximum atomic E-state index is 11.8. The van der Waals surface area contributed by atoms with Crippen LogP contribution in [0.1, 0.15) is 5.56 Å². The van der Waals surface area contributed by atoms with Crippen LogP contribution >= 0.6 is 15.9 Å². The van der Waals surface area contributed by atoms with Crippen LogP contribution in [0.15, 0.2) is 57.8 Å². The third-order valence-electron chi connectivity index (χ3n) is 3.16. The summed E-state index contributed by atoms with van der Waals surface area (Å²) in [5.41, 5.74) is 3.91. The number of rotatable bonds is 1. The van der Waals surface area contributed by atoms with Crippen LogP contribution in [-0.2, 0) is 0 Å². The molecule has 1 heterocycles. The summed E-state index contributed by atoms with van der Waals surface area (Å²) in [5, 5.41) is 1.05. The molecule has 0 spiro atoms. The van der Waals surface area contributed by atoms with Gasteiger partial charge in [0.25, 0.3) is 0 Å². The number of nitrogens with one attached hydrogen (secondary N) is 1. The largest absolute Gasteiger partial charge is 0.322 e. The first kappa shape index (κ1) is 12.2. The molecule has 1 aromatic heterocycles. The van der Waals surface area contributed by atoms with Gasteiger partial charge >= 0.3 is 0 Å². The minimum atomic E-state index is -0.0798. The highest BCUT2D eigenvalue weighted by molar-refractivity contribution is 9.10. The molecule has 0 saturated carbocycles. The van der Waals surface area contributed by atoms with Gasteiger partial charge in [-0.1, -0.05) is 46.3 Å². The Morgan fingerprint density at radius 2 is 1.79 bits per heavy atom. The van der Waals surface area contributed by atoms with E-state index in [1.165, 1.54) is 0 Å². The number of benzene rings is 2. The number of aromatic nitrogens is 1. The van der Waals surface area contributed by atoms with Crippen molar-refractivity contribution in [2.75, 3.05) is 0 Å². The smallest absolute Gasteiger partial charge is 0.249 e. The predicted octanol–water partition coefficient (Wildman–Crippen LogP) is 4.27. The lowest BCUT2D eigenvalue weighted by atomic mass is 10.0. The van der Waals surface area contributed by atoms with Gasteiger partial charge in [0, 0.05) is 21.4 Å². The molecule has 0 fully saturated rings. The molecule has 0 aliphatic rings. The molecule has 0 bridgehead atoms. The Hall–Kier alpha value is -1.87. The van der Waals surface area contributed by atoms with Crippen molar-refractivity contribution in [1.82, 2.24) is 4.98 Å². The molecular formula is C16H12BrNO. The number of hydrogen-bond acceptors (Lipinski definition) is 1. The van der Waals surface area contributed by atoms with E-state index in [2.05, 4.69) is 33.0 Å². The third-order valence-corrected chi connectivity index (χ3v) is 3.85. The van der Waals surface area contributed by atoms with Crippen molar-refractivity contribution >= 4 is 26.8 Å². The Morgan fingerprint density at radius 3 is 2.58 bits per heavy atom. The van der Waals surface area contributed by atoms with Gasteiger partial charge < -0.3 is 4.98 Å². The van der Waals surface area contributed by atoms with E-state index >= 15 is 0 Å². The van der Waals surface area contributed by atoms with Crippen molar-refractivity contribution < 1.29 is 0 Å². The van der Waals surface area contributed by atoms with E-state index in [9.17, 15) is 4.79 Å². The quantitative estimate of drug-likeness (QED) is 0.715. The molecule has 0 unspecified atom stereocenters. The van der Waals surface area contributed by atoms with Crippen LogP contribution in [0.5, 0.6) is 0 Å². The molecule has 0 saturated heterocycles. The molecule has 0 radical (unpaired) electrons. The molecule has 19 heavy (non-hydrogen) atoms. The molecule has 3 heteroatoms. The van der Waals surface area contributed by atoms with Crippen molar-refractivity contribution in [3.8, 4) is 11.1 Å². The van der Waals surface area contributed by atoms with Crippen molar-refractivity contribution in [3.05, 3.63) is 68.9 Å². The second-order valence-corrected chi connectivity index (χ2v) is 5.43. The van der Waals surface area contributed by atoms with E-state index in [0.29, 0.717) is 0 Å². The molecule has 3 rings (SSSR count). The summed E-state index contributed by atoms with van der Waals surface area (Å²) >= 11 is 3.55. The van der Waals surface area contributed by atoms with Gasteiger partial charge in [0.15, 0.2) is 0 Å². The number of pyridine rings is 1. The zero-order chi connectivity index (χ0) is 13.4. The van der Waals surface area contributed by atoms with Crippen LogP contribution in [0.4, 0.5) is 0 Å². The first-order valence-corrected chi connectivity index (χ1v) is 6.83. The van der Waals surface area contributed by atoms with Gasteiger partial charge in [-0.25, -0.2) is 0 Å². The lowest BCUT2D eigenvalue weighted by Crippen LogP contribution is -2.05. The fourth-order valence-electron chi connectivity index (χ4n) is 2.28. The molecule has 94 valence electrons. The van der Waals surface area contributed by atoms with Crippen molar-refractivity contribution in [2.45, 2.75) is 6.92 Å². The molecule has 2 aromatic carbocycles. The zero-order valence-corrected chi connectivity index (χ0v) is 12.0. The summed E-state index contributed by atoms with van der Waals surface area (Å²) in [6.45, 7) is 2.02. The first-order chi connectivity index (χ1) is 9.15. The summed E-state index contributed by atoms with van der Waals surface area (Å²) in [6, 6.07) is 15.7. The number of H-pyrrole nitrogens is 1. The molecule has 0 aliphatic carbocycles. The van der Waals surface area contributed by atoms with Gasteiger partial charge in [-0.05, 0) is 35.7 Å². The summed E-state index contributed by atoms with van der Waals surface area (Å²) < 4.78 is 0.988. The van der Waals surface area contributed by atoms with Crippen LogP contribution in [0, 0.1) is 6.92 Å². The van der Waals surface area contributed by atoms with Gasteiger partial charge in [-0.3, -0.25) is 4.79 Å². The Morgan fingerprint density at radius 1 is 1.00 bits per heavy atom. The highest BCUT2D eigenvalue weighted by atomic mass is 79.9. The molecule has 0 aliphatic heterocycles. The van der Waals surface area contributed by atoms with E-state index in [-0.39, 0.29) is 5.56 Å². The predicted molar refractivity (Wildman–Crippen MR) is 82.4 cm³/mol. The molecule has 2 nitrogen and oxygen atoms in total. The van der Waals surface area contributed by atoms with E-state index in [1.807, 2.05) is 37.3 Å². The van der Waals surface area contributed by atoms with Crippen molar-refractivity contribution in [1.29, 1.82) is 0 Å². The lowest BCUT2D eigenvalue weighted by Gasteiger charge is -2.09. The average molecular weight is 314 g/mol. The van der Waals surface area contributed by atoms with Crippen LogP contribution in [0.3, 0.4) is 0 Å². The van der Waals surface area contributed by atoms with Crippen molar-refractivity contribution in [2.24, 2.45) is 0 Å². The Labute approximate surface area is 119 Å². The maximum Gasteiger partial charge on any atom is 0.249 e. The number of halogens is 1. The van der Waals surface area contributed by atoms with Crippen LogP contribution < -0.4 is 5.56 Å². The van der Waals surface area contributed by atoms with Gasteiger partial charge in [-0.15, -0.1) is 0 Å². The Balaban J connectivity index is 2.41. The number of aromatic amines is 1. The number of aryl methyl sites for hydroxylation is 1. The van der Waals surface area contributed by atoms with Gasteiger partial charge in [0.2, 0.25) is 5.56 Å². The van der Waals surface area contributed by atoms with Crippen LogP contribution in [-0.4, -0.2) is 4.98 Å². The molecule has 0 amide bonds. The normalized spacial score (nSPS) is 10.8.